The molecule has 3 N–H and O–H groups in total. The van der Waals surface area contributed by atoms with Crippen LogP contribution >= 0.6 is 11.6 Å². The Kier molecular flexibility index (Phi) is 9.46. The minimum absolute atomic E-state index is 0.162. The summed E-state index contributed by atoms with van der Waals surface area (Å²) >= 11 is 6.36. The molecule has 19 heteroatoms. The molecule has 5 aromatic rings. The number of aromatic nitrogens is 8. The summed E-state index contributed by atoms with van der Waals surface area (Å²) in [6.07, 6.45) is 4.22. The highest BCUT2D eigenvalue weighted by Gasteiger charge is 2.16. The van der Waals surface area contributed by atoms with Gasteiger partial charge in [0.25, 0.3) is 0 Å². The van der Waals surface area contributed by atoms with Crippen molar-refractivity contribution in [3.8, 4) is 0 Å². The molecular formula is C26H21ClF3N9O6. The number of nitrogens with one attached hydrogen (secondary N) is 1. The van der Waals surface area contributed by atoms with Crippen LogP contribution in [0.2, 0.25) is 5.02 Å². The molecule has 0 saturated carbocycles. The van der Waals surface area contributed by atoms with Crippen LogP contribution in [-0.4, -0.2) is 60.8 Å². The van der Waals surface area contributed by atoms with E-state index in [1.165, 1.54) is 11.0 Å². The number of aryl methyl sites for hydroxylation is 2. The van der Waals surface area contributed by atoms with E-state index in [1.807, 2.05) is 0 Å². The smallest absolute Gasteiger partial charge is 0.335 e. The van der Waals surface area contributed by atoms with E-state index in [2.05, 4.69) is 25.2 Å². The van der Waals surface area contributed by atoms with Crippen LogP contribution in [0.5, 0.6) is 0 Å². The van der Waals surface area contributed by atoms with Gasteiger partial charge in [-0.1, -0.05) is 11.6 Å². The minimum Gasteiger partial charge on any atom is -0.478 e. The third kappa shape index (κ3) is 7.79. The van der Waals surface area contributed by atoms with Crippen LogP contribution in [0.25, 0.3) is 10.9 Å². The van der Waals surface area contributed by atoms with Gasteiger partial charge < -0.3 is 10.2 Å². The van der Waals surface area contributed by atoms with Crippen molar-refractivity contribution in [3.63, 3.8) is 0 Å². The van der Waals surface area contributed by atoms with Crippen LogP contribution in [0.1, 0.15) is 11.4 Å². The van der Waals surface area contributed by atoms with Gasteiger partial charge in [0.2, 0.25) is 5.62 Å². The van der Waals surface area contributed by atoms with Gasteiger partial charge in [0.15, 0.2) is 17.5 Å². The zero-order chi connectivity index (χ0) is 33.0. The first-order valence-corrected chi connectivity index (χ1v) is 12.8. The zero-order valence-corrected chi connectivity index (χ0v) is 23.9. The zero-order valence-electron chi connectivity index (χ0n) is 23.2. The van der Waals surface area contributed by atoms with Crippen molar-refractivity contribution in [3.05, 3.63) is 109 Å². The van der Waals surface area contributed by atoms with Crippen LogP contribution < -0.4 is 17.0 Å². The van der Waals surface area contributed by atoms with Crippen LogP contribution in [0.15, 0.2) is 63.5 Å². The Morgan fingerprint density at radius 2 is 1.60 bits per heavy atom. The lowest BCUT2D eigenvalue weighted by atomic mass is 10.2. The highest BCUT2D eigenvalue weighted by atomic mass is 35.5. The van der Waals surface area contributed by atoms with Gasteiger partial charge in [-0.15, -0.1) is 0 Å². The maximum atomic E-state index is 14.5. The molecule has 0 spiro atoms. The highest BCUT2D eigenvalue weighted by molar-refractivity contribution is 6.33. The molecule has 0 amide bonds. The average molecular weight is 648 g/mol. The lowest BCUT2D eigenvalue weighted by molar-refractivity contribution is -0.134. The molecule has 0 aliphatic rings. The van der Waals surface area contributed by atoms with Crippen molar-refractivity contribution in [1.29, 1.82) is 0 Å². The Hall–Kier alpha value is -5.78. The van der Waals surface area contributed by atoms with E-state index in [-0.39, 0.29) is 34.3 Å². The third-order valence-electron chi connectivity index (χ3n) is 5.83. The van der Waals surface area contributed by atoms with E-state index in [9.17, 15) is 32.3 Å². The first-order valence-electron chi connectivity index (χ1n) is 12.4. The maximum absolute atomic E-state index is 14.5. The molecule has 3 heterocycles. The first-order chi connectivity index (χ1) is 21.2. The summed E-state index contributed by atoms with van der Waals surface area (Å²) in [7, 11) is 3.34. The molecule has 0 saturated heterocycles. The number of carbonyl (C=O) groups is 2. The van der Waals surface area contributed by atoms with Crippen molar-refractivity contribution >= 4 is 40.1 Å². The fourth-order valence-corrected chi connectivity index (χ4v) is 4.08. The van der Waals surface area contributed by atoms with E-state index in [0.717, 1.165) is 9.13 Å². The highest BCUT2D eigenvalue weighted by Crippen LogP contribution is 2.29. The normalized spacial score (nSPS) is 11.6. The van der Waals surface area contributed by atoms with E-state index >= 15 is 0 Å². The van der Waals surface area contributed by atoms with Crippen molar-refractivity contribution in [1.82, 2.24) is 38.7 Å². The van der Waals surface area contributed by atoms with Crippen LogP contribution in [0.4, 0.5) is 18.9 Å². The van der Waals surface area contributed by atoms with Gasteiger partial charge in [-0.2, -0.15) is 10.2 Å². The number of carboxylic acids is 2. The van der Waals surface area contributed by atoms with Crippen LogP contribution in [0.3, 0.4) is 0 Å². The molecule has 0 unspecified atom stereocenters. The Labute approximate surface area is 253 Å². The predicted octanol–water partition coefficient (Wildman–Crippen LogP) is 1.46. The summed E-state index contributed by atoms with van der Waals surface area (Å²) in [5, 5.41) is 24.8. The third-order valence-corrected chi connectivity index (χ3v) is 6.13. The number of nitrogens with zero attached hydrogens (tertiary/aromatic N) is 8. The topological polar surface area (TPSA) is 195 Å². The summed E-state index contributed by atoms with van der Waals surface area (Å²) in [5.74, 6) is -6.12. The fourth-order valence-electron chi connectivity index (χ4n) is 3.88. The number of rotatable bonds is 7. The molecule has 0 bridgehead atoms. The number of aliphatic carboxylic acids is 2. The molecule has 45 heavy (non-hydrogen) atoms. The molecule has 3 aromatic heterocycles. The summed E-state index contributed by atoms with van der Waals surface area (Å²) in [6.45, 7) is -0.891. The number of hydrogen-bond acceptors (Lipinski definition) is 8. The maximum Gasteiger partial charge on any atom is 0.335 e. The summed E-state index contributed by atoms with van der Waals surface area (Å²) in [4.78, 5) is 56.2. The van der Waals surface area contributed by atoms with Crippen LogP contribution in [-0.2, 0) is 36.8 Å². The molecule has 0 fully saturated rings. The van der Waals surface area contributed by atoms with Gasteiger partial charge in [0.05, 0.1) is 29.3 Å². The van der Waals surface area contributed by atoms with Crippen molar-refractivity contribution < 1.29 is 33.0 Å². The molecule has 15 nitrogen and oxygen atoms in total. The Morgan fingerprint density at radius 3 is 2.22 bits per heavy atom. The number of halogens is 4. The number of fused-ring (bicyclic) bond motifs is 1. The van der Waals surface area contributed by atoms with Gasteiger partial charge in [0.1, 0.15) is 12.1 Å². The monoisotopic (exact) mass is 647 g/mol. The molecule has 0 aliphatic heterocycles. The fraction of sp³-hybridized carbons (Fsp3) is 0.154. The Morgan fingerprint density at radius 1 is 0.933 bits per heavy atom. The van der Waals surface area contributed by atoms with Crippen molar-refractivity contribution in [2.24, 2.45) is 19.1 Å². The van der Waals surface area contributed by atoms with E-state index in [0.29, 0.717) is 35.2 Å². The summed E-state index contributed by atoms with van der Waals surface area (Å²) in [6, 6.07) is 4.15. The molecule has 5 rings (SSSR count). The van der Waals surface area contributed by atoms with Gasteiger partial charge in [-0.25, -0.2) is 46.9 Å². The minimum atomic E-state index is -1.38. The van der Waals surface area contributed by atoms with E-state index in [4.69, 9.17) is 21.8 Å². The summed E-state index contributed by atoms with van der Waals surface area (Å²) < 4.78 is 46.5. The molecule has 234 valence electrons. The second kappa shape index (κ2) is 13.2. The molecule has 2 aromatic carbocycles. The van der Waals surface area contributed by atoms with E-state index in [1.54, 1.807) is 37.1 Å². The number of carboxylic acid groups (broad SMARTS) is 2. The molecule has 0 aliphatic carbocycles. The van der Waals surface area contributed by atoms with Gasteiger partial charge in [-0.3, -0.25) is 18.9 Å². The quantitative estimate of drug-likeness (QED) is 0.173. The van der Waals surface area contributed by atoms with Gasteiger partial charge in [-0.05, 0) is 18.2 Å². The number of H-pyrrole nitrogens is 1. The molecule has 0 atom stereocenters. The van der Waals surface area contributed by atoms with Crippen LogP contribution in [0, 0.1) is 17.5 Å². The molecular weight excluding hydrogens is 627 g/mol. The Balaban J connectivity index is 0.000000510. The lowest BCUT2D eigenvalue weighted by Gasteiger charge is -2.11. The number of aromatic amines is 1. The predicted molar refractivity (Wildman–Crippen MR) is 150 cm³/mol. The SMILES string of the molecule is Cn1cnc(Cn2c(=O)[nH]/c(=N\c3cc4cn(C)nc4cc3Cl)n(Cc3cc(F)c(F)cc3F)c2=O)n1.O=C(O)/C=C/C(=O)O. The standard InChI is InChI=1S/C22H17ClF3N9O2.C4H4O4/c1-32-7-12-4-18(13(23)5-17(12)30-32)28-20-29-21(36)35(9-19-27-10-33(2)31-19)22(37)34(20)8-11-3-15(25)16(26)6-14(11)24;5-3(6)1-2-4(7)8/h3-7,10H,8-9H2,1-2H3,(H,28,29,36);1-2H,(H,5,6)(H,7,8)/b;2-1+. The first kappa shape index (κ1) is 32.1. The lowest BCUT2D eigenvalue weighted by Crippen LogP contribution is -2.50. The average Bonchev–Trinajstić information content (AvgIpc) is 3.54. The Bertz CT molecular complexity index is 2150. The summed E-state index contributed by atoms with van der Waals surface area (Å²) in [5.41, 5.74) is -1.64. The largest absolute Gasteiger partial charge is 0.478 e. The van der Waals surface area contributed by atoms with E-state index < -0.39 is 47.3 Å². The second-order valence-electron chi connectivity index (χ2n) is 9.19. The van der Waals surface area contributed by atoms with Crippen molar-refractivity contribution in [2.75, 3.05) is 0 Å². The van der Waals surface area contributed by atoms with Gasteiger partial charge >= 0.3 is 23.3 Å². The molecule has 0 radical (unpaired) electrons. The van der Waals surface area contributed by atoms with Crippen molar-refractivity contribution in [2.45, 2.75) is 13.1 Å². The number of hydrogen-bond donors (Lipinski definition) is 3. The number of benzene rings is 2. The van der Waals surface area contributed by atoms with Gasteiger partial charge in [0, 0.05) is 49.5 Å². The second-order valence-corrected chi connectivity index (χ2v) is 9.59.